The SMILES string of the molecule is COC(CN1CCCC1CO)OC. The van der Waals surface area contributed by atoms with Gasteiger partial charge in [0, 0.05) is 26.8 Å². The van der Waals surface area contributed by atoms with Gasteiger partial charge in [0.15, 0.2) is 6.29 Å². The molecule has 4 heteroatoms. The van der Waals surface area contributed by atoms with Crippen molar-refractivity contribution in [1.29, 1.82) is 0 Å². The number of rotatable bonds is 5. The van der Waals surface area contributed by atoms with Gasteiger partial charge in [-0.05, 0) is 19.4 Å². The second-order valence-electron chi connectivity index (χ2n) is 3.37. The number of likely N-dealkylation sites (tertiary alicyclic amines) is 1. The Kier molecular flexibility index (Phi) is 4.66. The molecule has 0 aromatic heterocycles. The van der Waals surface area contributed by atoms with E-state index < -0.39 is 0 Å². The lowest BCUT2D eigenvalue weighted by Gasteiger charge is -2.26. The zero-order chi connectivity index (χ0) is 9.68. The maximum absolute atomic E-state index is 9.07. The molecule has 1 aliphatic rings. The standard InChI is InChI=1S/C9H19NO3/c1-12-9(13-2)6-10-5-3-4-8(10)7-11/h8-9,11H,3-7H2,1-2H3. The van der Waals surface area contributed by atoms with Gasteiger partial charge >= 0.3 is 0 Å². The predicted molar refractivity (Wildman–Crippen MR) is 49.5 cm³/mol. The molecule has 1 fully saturated rings. The second-order valence-corrected chi connectivity index (χ2v) is 3.37. The van der Waals surface area contributed by atoms with E-state index in [1.54, 1.807) is 14.2 Å². The van der Waals surface area contributed by atoms with Crippen LogP contribution in [0.15, 0.2) is 0 Å². The lowest BCUT2D eigenvalue weighted by atomic mass is 10.2. The Morgan fingerprint density at radius 3 is 2.69 bits per heavy atom. The van der Waals surface area contributed by atoms with Gasteiger partial charge in [0.1, 0.15) is 0 Å². The third-order valence-electron chi connectivity index (χ3n) is 2.62. The molecule has 0 radical (unpaired) electrons. The van der Waals surface area contributed by atoms with E-state index in [2.05, 4.69) is 4.90 Å². The van der Waals surface area contributed by atoms with Gasteiger partial charge < -0.3 is 14.6 Å². The van der Waals surface area contributed by atoms with Crippen LogP contribution in [0.25, 0.3) is 0 Å². The topological polar surface area (TPSA) is 41.9 Å². The molecule has 13 heavy (non-hydrogen) atoms. The number of nitrogens with zero attached hydrogens (tertiary/aromatic N) is 1. The zero-order valence-electron chi connectivity index (χ0n) is 8.40. The van der Waals surface area contributed by atoms with Crippen molar-refractivity contribution in [2.45, 2.75) is 25.2 Å². The van der Waals surface area contributed by atoms with Crippen molar-refractivity contribution in [3.8, 4) is 0 Å². The average molecular weight is 189 g/mol. The minimum Gasteiger partial charge on any atom is -0.395 e. The molecule has 0 aromatic carbocycles. The van der Waals surface area contributed by atoms with E-state index >= 15 is 0 Å². The van der Waals surface area contributed by atoms with Crippen molar-refractivity contribution in [2.75, 3.05) is 33.9 Å². The first-order valence-corrected chi connectivity index (χ1v) is 4.72. The quantitative estimate of drug-likeness (QED) is 0.621. The molecule has 1 unspecified atom stereocenters. The molecule has 4 nitrogen and oxygen atoms in total. The minimum atomic E-state index is -0.174. The van der Waals surface area contributed by atoms with Crippen molar-refractivity contribution in [3.05, 3.63) is 0 Å². The maximum Gasteiger partial charge on any atom is 0.169 e. The monoisotopic (exact) mass is 189 g/mol. The second kappa shape index (κ2) is 5.54. The van der Waals surface area contributed by atoms with Gasteiger partial charge in [-0.2, -0.15) is 0 Å². The summed E-state index contributed by atoms with van der Waals surface area (Å²) in [6, 6.07) is 0.299. The molecule has 78 valence electrons. The van der Waals surface area contributed by atoms with Gasteiger partial charge in [0.25, 0.3) is 0 Å². The highest BCUT2D eigenvalue weighted by atomic mass is 16.7. The molecule has 1 aliphatic heterocycles. The van der Waals surface area contributed by atoms with Crippen LogP contribution < -0.4 is 0 Å². The lowest BCUT2D eigenvalue weighted by molar-refractivity contribution is -0.118. The number of methoxy groups -OCH3 is 2. The molecule has 0 saturated carbocycles. The van der Waals surface area contributed by atoms with Crippen LogP contribution in [-0.4, -0.2) is 56.3 Å². The van der Waals surface area contributed by atoms with Gasteiger partial charge in [0.2, 0.25) is 0 Å². The van der Waals surface area contributed by atoms with E-state index in [0.717, 1.165) is 25.9 Å². The summed E-state index contributed by atoms with van der Waals surface area (Å²) in [7, 11) is 3.27. The highest BCUT2D eigenvalue weighted by molar-refractivity contribution is 4.78. The van der Waals surface area contributed by atoms with E-state index in [-0.39, 0.29) is 12.9 Å². The van der Waals surface area contributed by atoms with Gasteiger partial charge in [-0.15, -0.1) is 0 Å². The zero-order valence-corrected chi connectivity index (χ0v) is 8.40. The summed E-state index contributed by atoms with van der Waals surface area (Å²) < 4.78 is 10.2. The molecular weight excluding hydrogens is 170 g/mol. The molecular formula is C9H19NO3. The van der Waals surface area contributed by atoms with Crippen LogP contribution in [0, 0.1) is 0 Å². The summed E-state index contributed by atoms with van der Waals surface area (Å²) in [5, 5.41) is 9.07. The van der Waals surface area contributed by atoms with Gasteiger partial charge in [-0.3, -0.25) is 4.90 Å². The Labute approximate surface area is 79.4 Å². The Morgan fingerprint density at radius 2 is 2.15 bits per heavy atom. The molecule has 0 spiro atoms. The van der Waals surface area contributed by atoms with Gasteiger partial charge in [0.05, 0.1) is 6.61 Å². The maximum atomic E-state index is 9.07. The number of ether oxygens (including phenoxy) is 2. The molecule has 1 rings (SSSR count). The van der Waals surface area contributed by atoms with E-state index in [4.69, 9.17) is 14.6 Å². The molecule has 0 amide bonds. The number of aliphatic hydroxyl groups is 1. The average Bonchev–Trinajstić information content (AvgIpc) is 2.61. The fourth-order valence-corrected chi connectivity index (χ4v) is 1.78. The first-order chi connectivity index (χ1) is 6.31. The molecule has 1 atom stereocenters. The normalized spacial score (nSPS) is 24.5. The molecule has 0 bridgehead atoms. The molecule has 1 saturated heterocycles. The fraction of sp³-hybridized carbons (Fsp3) is 1.00. The Bertz CT molecular complexity index is 139. The highest BCUT2D eigenvalue weighted by Crippen LogP contribution is 2.17. The van der Waals surface area contributed by atoms with Crippen LogP contribution in [0.5, 0.6) is 0 Å². The summed E-state index contributed by atoms with van der Waals surface area (Å²) in [5.41, 5.74) is 0. The van der Waals surface area contributed by atoms with E-state index in [1.807, 2.05) is 0 Å². The Balaban J connectivity index is 2.33. The van der Waals surface area contributed by atoms with E-state index in [9.17, 15) is 0 Å². The van der Waals surface area contributed by atoms with Gasteiger partial charge in [-0.25, -0.2) is 0 Å². The van der Waals surface area contributed by atoms with Crippen molar-refractivity contribution in [3.63, 3.8) is 0 Å². The summed E-state index contributed by atoms with van der Waals surface area (Å²) >= 11 is 0. The number of hydrogen-bond donors (Lipinski definition) is 1. The summed E-state index contributed by atoms with van der Waals surface area (Å²) in [4.78, 5) is 2.22. The number of aliphatic hydroxyl groups excluding tert-OH is 1. The van der Waals surface area contributed by atoms with E-state index in [1.165, 1.54) is 0 Å². The first kappa shape index (κ1) is 10.9. The Morgan fingerprint density at radius 1 is 1.46 bits per heavy atom. The third-order valence-corrected chi connectivity index (χ3v) is 2.62. The van der Waals surface area contributed by atoms with Crippen molar-refractivity contribution < 1.29 is 14.6 Å². The van der Waals surface area contributed by atoms with E-state index in [0.29, 0.717) is 6.04 Å². The lowest BCUT2D eigenvalue weighted by Crippen LogP contribution is -2.39. The summed E-state index contributed by atoms with van der Waals surface area (Å²) in [5.74, 6) is 0. The highest BCUT2D eigenvalue weighted by Gasteiger charge is 2.25. The summed E-state index contributed by atoms with van der Waals surface area (Å²) in [6.45, 7) is 2.02. The van der Waals surface area contributed by atoms with Crippen molar-refractivity contribution in [1.82, 2.24) is 4.90 Å². The van der Waals surface area contributed by atoms with Gasteiger partial charge in [-0.1, -0.05) is 0 Å². The first-order valence-electron chi connectivity index (χ1n) is 4.72. The Hall–Kier alpha value is -0.160. The van der Waals surface area contributed by atoms with Crippen LogP contribution in [0.3, 0.4) is 0 Å². The van der Waals surface area contributed by atoms with Crippen LogP contribution in [0.4, 0.5) is 0 Å². The molecule has 1 N–H and O–H groups in total. The predicted octanol–water partition coefficient (Wildman–Crippen LogP) is 0.0620. The van der Waals surface area contributed by atoms with Crippen LogP contribution >= 0.6 is 0 Å². The fourth-order valence-electron chi connectivity index (χ4n) is 1.78. The largest absolute Gasteiger partial charge is 0.395 e. The third kappa shape index (κ3) is 2.91. The van der Waals surface area contributed by atoms with Crippen LogP contribution in [0.1, 0.15) is 12.8 Å². The van der Waals surface area contributed by atoms with Crippen molar-refractivity contribution in [2.24, 2.45) is 0 Å². The van der Waals surface area contributed by atoms with Crippen LogP contribution in [-0.2, 0) is 9.47 Å². The molecule has 0 aromatic rings. The summed E-state index contributed by atoms with van der Waals surface area (Å²) in [6.07, 6.45) is 2.06. The molecule has 0 aliphatic carbocycles. The molecule has 1 heterocycles. The van der Waals surface area contributed by atoms with Crippen molar-refractivity contribution >= 4 is 0 Å². The van der Waals surface area contributed by atoms with Crippen LogP contribution in [0.2, 0.25) is 0 Å². The smallest absolute Gasteiger partial charge is 0.169 e. The number of hydrogen-bond acceptors (Lipinski definition) is 4. The minimum absolute atomic E-state index is 0.174.